The maximum Gasteiger partial charge on any atom is 0.269 e. The molecule has 2 rings (SSSR count). The molecule has 0 saturated heterocycles. The molecule has 7 heteroatoms. The van der Waals surface area contributed by atoms with Gasteiger partial charge in [0.1, 0.15) is 0 Å². The Bertz CT molecular complexity index is 709. The second-order valence-electron chi connectivity index (χ2n) is 4.32. The molecule has 0 amide bonds. The van der Waals surface area contributed by atoms with E-state index in [1.54, 1.807) is 26.1 Å². The topological polar surface area (TPSA) is 90.1 Å². The summed E-state index contributed by atoms with van der Waals surface area (Å²) in [5.41, 5.74) is 1.82. The number of nitrogens with zero attached hydrogens (tertiary/aromatic N) is 3. The predicted molar refractivity (Wildman–Crippen MR) is 75.0 cm³/mol. The van der Waals surface area contributed by atoms with E-state index in [1.165, 1.54) is 22.9 Å². The Labute approximate surface area is 115 Å². The van der Waals surface area contributed by atoms with Gasteiger partial charge in [0, 0.05) is 36.5 Å². The van der Waals surface area contributed by atoms with Crippen LogP contribution >= 0.6 is 0 Å². The lowest BCUT2D eigenvalue weighted by atomic mass is 10.1. The van der Waals surface area contributed by atoms with Crippen molar-refractivity contribution in [2.24, 2.45) is 0 Å². The Morgan fingerprint density at radius 2 is 2.10 bits per heavy atom. The molecule has 0 fully saturated rings. The van der Waals surface area contributed by atoms with Crippen LogP contribution in [0.3, 0.4) is 0 Å². The molecule has 0 aliphatic heterocycles. The van der Waals surface area contributed by atoms with E-state index >= 15 is 0 Å². The second kappa shape index (κ2) is 5.52. The van der Waals surface area contributed by atoms with Crippen LogP contribution in [0.2, 0.25) is 0 Å². The van der Waals surface area contributed by atoms with E-state index in [2.05, 4.69) is 10.4 Å². The number of aromatic nitrogens is 2. The average molecular weight is 274 g/mol. The highest BCUT2D eigenvalue weighted by atomic mass is 16.6. The fraction of sp³-hybridized carbons (Fsp3) is 0.231. The molecule has 0 saturated carbocycles. The van der Waals surface area contributed by atoms with E-state index in [1.807, 2.05) is 0 Å². The average Bonchev–Trinajstić information content (AvgIpc) is 2.42. The van der Waals surface area contributed by atoms with Crippen molar-refractivity contribution in [3.05, 3.63) is 62.1 Å². The molecule has 1 heterocycles. The number of nitrogens with one attached hydrogen (secondary N) is 1. The van der Waals surface area contributed by atoms with E-state index in [0.29, 0.717) is 11.3 Å². The molecule has 20 heavy (non-hydrogen) atoms. The lowest BCUT2D eigenvalue weighted by Crippen LogP contribution is -2.23. The molecule has 104 valence electrons. The molecule has 1 N–H and O–H groups in total. The van der Waals surface area contributed by atoms with Crippen LogP contribution in [0, 0.1) is 17.0 Å². The van der Waals surface area contributed by atoms with Gasteiger partial charge in [0.15, 0.2) is 0 Å². The van der Waals surface area contributed by atoms with Gasteiger partial charge in [-0.3, -0.25) is 14.9 Å². The van der Waals surface area contributed by atoms with Crippen molar-refractivity contribution in [1.29, 1.82) is 0 Å². The zero-order valence-electron chi connectivity index (χ0n) is 11.2. The number of hydrogen-bond donors (Lipinski definition) is 1. The van der Waals surface area contributed by atoms with Crippen LogP contribution in [0.1, 0.15) is 11.3 Å². The predicted octanol–water partition coefficient (Wildman–Crippen LogP) is 1.55. The first-order chi connectivity index (χ1) is 9.51. The zero-order valence-corrected chi connectivity index (χ0v) is 11.2. The first kappa shape index (κ1) is 13.7. The van der Waals surface area contributed by atoms with Crippen LogP contribution < -0.4 is 10.9 Å². The quantitative estimate of drug-likeness (QED) is 0.674. The maximum atomic E-state index is 11.7. The van der Waals surface area contributed by atoms with Crippen molar-refractivity contribution in [2.45, 2.75) is 13.5 Å². The van der Waals surface area contributed by atoms with Crippen molar-refractivity contribution < 1.29 is 4.92 Å². The Kier molecular flexibility index (Phi) is 3.79. The molecule has 2 aromatic rings. The van der Waals surface area contributed by atoms with Crippen LogP contribution in [0.15, 0.2) is 35.1 Å². The lowest BCUT2D eigenvalue weighted by Gasteiger charge is -2.10. The monoisotopic (exact) mass is 274 g/mol. The number of rotatable bonds is 4. The second-order valence-corrected chi connectivity index (χ2v) is 4.32. The van der Waals surface area contributed by atoms with Gasteiger partial charge < -0.3 is 5.32 Å². The SMILES string of the molecule is CNc1ccc([N+](=O)[O-])cc1Cn1nc(C)ccc1=O. The van der Waals surface area contributed by atoms with Crippen LogP contribution in [0.5, 0.6) is 0 Å². The third-order valence-corrected chi connectivity index (χ3v) is 2.89. The van der Waals surface area contributed by atoms with Gasteiger partial charge >= 0.3 is 0 Å². The Morgan fingerprint density at radius 1 is 1.35 bits per heavy atom. The van der Waals surface area contributed by atoms with E-state index in [-0.39, 0.29) is 17.8 Å². The molecule has 1 aromatic carbocycles. The fourth-order valence-electron chi connectivity index (χ4n) is 1.89. The van der Waals surface area contributed by atoms with E-state index in [4.69, 9.17) is 0 Å². The number of non-ortho nitro benzene ring substituents is 1. The molecule has 0 radical (unpaired) electrons. The van der Waals surface area contributed by atoms with Gasteiger partial charge in [0.05, 0.1) is 17.2 Å². The van der Waals surface area contributed by atoms with Crippen LogP contribution in [0.25, 0.3) is 0 Å². The first-order valence-corrected chi connectivity index (χ1v) is 6.01. The van der Waals surface area contributed by atoms with Gasteiger partial charge in [-0.15, -0.1) is 0 Å². The van der Waals surface area contributed by atoms with Gasteiger partial charge in [-0.25, -0.2) is 4.68 Å². The van der Waals surface area contributed by atoms with E-state index < -0.39 is 4.92 Å². The van der Waals surface area contributed by atoms with E-state index in [9.17, 15) is 14.9 Å². The number of nitro benzene ring substituents is 1. The minimum atomic E-state index is -0.463. The molecule has 1 aromatic heterocycles. The minimum absolute atomic E-state index is 0.0142. The molecule has 0 aliphatic carbocycles. The number of hydrogen-bond acceptors (Lipinski definition) is 5. The minimum Gasteiger partial charge on any atom is -0.388 e. The molecule has 0 spiro atoms. The van der Waals surface area contributed by atoms with Crippen molar-refractivity contribution in [2.75, 3.05) is 12.4 Å². The van der Waals surface area contributed by atoms with Crippen LogP contribution in [-0.4, -0.2) is 21.8 Å². The molecule has 0 bridgehead atoms. The first-order valence-electron chi connectivity index (χ1n) is 6.01. The largest absolute Gasteiger partial charge is 0.388 e. The summed E-state index contributed by atoms with van der Waals surface area (Å²) in [5.74, 6) is 0. The number of nitro groups is 1. The summed E-state index contributed by atoms with van der Waals surface area (Å²) in [5, 5.41) is 17.9. The Hall–Kier alpha value is -2.70. The number of aryl methyl sites for hydroxylation is 1. The summed E-state index contributed by atoms with van der Waals surface area (Å²) < 4.78 is 1.29. The van der Waals surface area contributed by atoms with E-state index in [0.717, 1.165) is 5.69 Å². The number of anilines is 1. The smallest absolute Gasteiger partial charge is 0.269 e. The molecule has 0 aliphatic rings. The lowest BCUT2D eigenvalue weighted by molar-refractivity contribution is -0.384. The molecular formula is C13H14N4O3. The fourth-order valence-corrected chi connectivity index (χ4v) is 1.89. The standard InChI is InChI=1S/C13H14N4O3/c1-9-3-6-13(18)16(15-9)8-10-7-11(17(19)20)4-5-12(10)14-2/h3-7,14H,8H2,1-2H3. The van der Waals surface area contributed by atoms with Crippen molar-refractivity contribution in [1.82, 2.24) is 9.78 Å². The summed E-state index contributed by atoms with van der Waals surface area (Å²) in [4.78, 5) is 22.1. The third-order valence-electron chi connectivity index (χ3n) is 2.89. The van der Waals surface area contributed by atoms with Gasteiger partial charge in [0.25, 0.3) is 11.2 Å². The molecule has 0 atom stereocenters. The van der Waals surface area contributed by atoms with Gasteiger partial charge in [-0.05, 0) is 19.1 Å². The summed E-state index contributed by atoms with van der Waals surface area (Å²) in [6.45, 7) is 1.96. The van der Waals surface area contributed by atoms with Gasteiger partial charge in [0.2, 0.25) is 0 Å². The molecule has 7 nitrogen and oxygen atoms in total. The van der Waals surface area contributed by atoms with Crippen molar-refractivity contribution >= 4 is 11.4 Å². The highest BCUT2D eigenvalue weighted by Crippen LogP contribution is 2.22. The van der Waals surface area contributed by atoms with Gasteiger partial charge in [-0.2, -0.15) is 5.10 Å². The van der Waals surface area contributed by atoms with Crippen LogP contribution in [0.4, 0.5) is 11.4 Å². The summed E-state index contributed by atoms with van der Waals surface area (Å²) >= 11 is 0. The molecule has 0 unspecified atom stereocenters. The summed E-state index contributed by atoms with van der Waals surface area (Å²) in [6.07, 6.45) is 0. The normalized spacial score (nSPS) is 10.3. The highest BCUT2D eigenvalue weighted by molar-refractivity contribution is 5.55. The van der Waals surface area contributed by atoms with Crippen molar-refractivity contribution in [3.63, 3.8) is 0 Å². The van der Waals surface area contributed by atoms with Gasteiger partial charge in [-0.1, -0.05) is 0 Å². The Balaban J connectivity index is 2.46. The summed E-state index contributed by atoms with van der Waals surface area (Å²) in [6, 6.07) is 7.54. The maximum absolute atomic E-state index is 11.7. The van der Waals surface area contributed by atoms with Crippen molar-refractivity contribution in [3.8, 4) is 0 Å². The summed E-state index contributed by atoms with van der Waals surface area (Å²) in [7, 11) is 1.72. The third kappa shape index (κ3) is 2.82. The molecular weight excluding hydrogens is 260 g/mol. The zero-order chi connectivity index (χ0) is 14.7. The van der Waals surface area contributed by atoms with Crippen LogP contribution in [-0.2, 0) is 6.54 Å². The highest BCUT2D eigenvalue weighted by Gasteiger charge is 2.11. The number of benzene rings is 1. The Morgan fingerprint density at radius 3 is 2.75 bits per heavy atom.